The van der Waals surface area contributed by atoms with Crippen LogP contribution in [-0.4, -0.2) is 30.1 Å². The molecular formula is C17H21NO2. The van der Waals surface area contributed by atoms with Gasteiger partial charge in [-0.05, 0) is 43.1 Å². The largest absolute Gasteiger partial charge is 0.468 e. The van der Waals surface area contributed by atoms with Crippen molar-refractivity contribution in [3.05, 3.63) is 35.9 Å². The second kappa shape index (κ2) is 4.32. The fourth-order valence-electron chi connectivity index (χ4n) is 4.78. The van der Waals surface area contributed by atoms with E-state index in [4.69, 9.17) is 4.74 Å². The SMILES string of the molecule is COC(=O)[C@H]1C2CC([C@H]3C[C@@H]23)N1[C@@H](C)c1ccccc1. The minimum absolute atomic E-state index is 0.0241. The average molecular weight is 271 g/mol. The minimum atomic E-state index is -0.0365. The van der Waals surface area contributed by atoms with Crippen LogP contribution in [-0.2, 0) is 9.53 Å². The van der Waals surface area contributed by atoms with Crippen molar-refractivity contribution in [2.75, 3.05) is 7.11 Å². The molecule has 1 aliphatic heterocycles. The molecule has 0 spiro atoms. The molecule has 1 heterocycles. The van der Waals surface area contributed by atoms with Crippen LogP contribution in [0.4, 0.5) is 0 Å². The average Bonchev–Trinajstić information content (AvgIpc) is 3.12. The van der Waals surface area contributed by atoms with Crippen molar-refractivity contribution < 1.29 is 9.53 Å². The van der Waals surface area contributed by atoms with E-state index in [1.807, 2.05) is 6.07 Å². The topological polar surface area (TPSA) is 29.5 Å². The molecule has 0 radical (unpaired) electrons. The molecule has 3 aliphatic rings. The Kier molecular flexibility index (Phi) is 2.68. The number of rotatable bonds is 3. The van der Waals surface area contributed by atoms with Crippen LogP contribution in [0.5, 0.6) is 0 Å². The van der Waals surface area contributed by atoms with Gasteiger partial charge in [0.05, 0.1) is 7.11 Å². The van der Waals surface area contributed by atoms with Gasteiger partial charge in [-0.25, -0.2) is 0 Å². The van der Waals surface area contributed by atoms with Crippen LogP contribution in [0, 0.1) is 17.8 Å². The van der Waals surface area contributed by atoms with E-state index >= 15 is 0 Å². The number of hydrogen-bond acceptors (Lipinski definition) is 3. The molecule has 20 heavy (non-hydrogen) atoms. The third-order valence-electron chi connectivity index (χ3n) is 5.73. The Morgan fingerprint density at radius 3 is 2.65 bits per heavy atom. The summed E-state index contributed by atoms with van der Waals surface area (Å²) in [4.78, 5) is 14.7. The van der Waals surface area contributed by atoms with E-state index in [0.29, 0.717) is 12.0 Å². The van der Waals surface area contributed by atoms with Gasteiger partial charge in [0.15, 0.2) is 0 Å². The smallest absolute Gasteiger partial charge is 0.323 e. The number of carbonyl (C=O) groups is 1. The number of piperidine rings is 1. The van der Waals surface area contributed by atoms with Gasteiger partial charge in [0, 0.05) is 12.1 Å². The van der Waals surface area contributed by atoms with E-state index in [0.717, 1.165) is 11.8 Å². The van der Waals surface area contributed by atoms with Crippen LogP contribution >= 0.6 is 0 Å². The summed E-state index contributed by atoms with van der Waals surface area (Å²) in [5.41, 5.74) is 1.30. The monoisotopic (exact) mass is 271 g/mol. The first-order chi connectivity index (χ1) is 9.72. The Labute approximate surface area is 119 Å². The fraction of sp³-hybridized carbons (Fsp3) is 0.588. The lowest BCUT2D eigenvalue weighted by Crippen LogP contribution is -2.48. The summed E-state index contributed by atoms with van der Waals surface area (Å²) in [6.07, 6.45) is 2.51. The van der Waals surface area contributed by atoms with E-state index < -0.39 is 0 Å². The molecule has 3 heteroatoms. The normalized spacial score (nSPS) is 39.4. The first-order valence-corrected chi connectivity index (χ1v) is 7.62. The fourth-order valence-corrected chi connectivity index (χ4v) is 4.78. The van der Waals surface area contributed by atoms with Gasteiger partial charge in [-0.2, -0.15) is 0 Å². The second-order valence-electron chi connectivity index (χ2n) is 6.53. The zero-order valence-corrected chi connectivity index (χ0v) is 12.0. The molecule has 3 nitrogen and oxygen atoms in total. The lowest BCUT2D eigenvalue weighted by Gasteiger charge is -2.38. The Morgan fingerprint density at radius 1 is 1.20 bits per heavy atom. The van der Waals surface area contributed by atoms with Crippen LogP contribution in [0.3, 0.4) is 0 Å². The minimum Gasteiger partial charge on any atom is -0.468 e. The Morgan fingerprint density at radius 2 is 1.95 bits per heavy atom. The van der Waals surface area contributed by atoms with Gasteiger partial charge < -0.3 is 4.74 Å². The highest BCUT2D eigenvalue weighted by Gasteiger charge is 2.67. The molecule has 6 atom stereocenters. The molecule has 0 N–H and O–H groups in total. The molecule has 1 aromatic rings. The summed E-state index contributed by atoms with van der Waals surface area (Å²) < 4.78 is 5.09. The Hall–Kier alpha value is -1.35. The molecule has 0 aromatic heterocycles. The van der Waals surface area contributed by atoms with E-state index in [1.54, 1.807) is 0 Å². The highest BCUT2D eigenvalue weighted by molar-refractivity contribution is 5.77. The van der Waals surface area contributed by atoms with Gasteiger partial charge in [-0.3, -0.25) is 9.69 Å². The highest BCUT2D eigenvalue weighted by atomic mass is 16.5. The van der Waals surface area contributed by atoms with Gasteiger partial charge in [0.25, 0.3) is 0 Å². The first kappa shape index (κ1) is 12.4. The highest BCUT2D eigenvalue weighted by Crippen LogP contribution is 2.64. The Bertz CT molecular complexity index is 529. The number of esters is 1. The van der Waals surface area contributed by atoms with Gasteiger partial charge in [0.1, 0.15) is 6.04 Å². The second-order valence-corrected chi connectivity index (χ2v) is 6.53. The molecule has 4 rings (SSSR count). The molecule has 2 unspecified atom stereocenters. The zero-order valence-electron chi connectivity index (χ0n) is 12.0. The lowest BCUT2D eigenvalue weighted by molar-refractivity contribution is -0.150. The molecule has 2 saturated carbocycles. The van der Waals surface area contributed by atoms with Crippen molar-refractivity contribution in [2.24, 2.45) is 17.8 Å². The van der Waals surface area contributed by atoms with Gasteiger partial charge >= 0.3 is 5.97 Å². The number of methoxy groups -OCH3 is 1. The standard InChI is InChI=1S/C17H21NO2/c1-10(11-6-4-3-5-7-11)18-15-9-14(12-8-13(12)15)16(18)17(19)20-2/h3-7,10,12-16H,8-9H2,1-2H3/t10-,12+,13-,14?,15?,16+/m0/s1. The molecule has 2 bridgehead atoms. The maximum Gasteiger partial charge on any atom is 0.323 e. The quantitative estimate of drug-likeness (QED) is 0.792. The summed E-state index contributed by atoms with van der Waals surface area (Å²) in [5, 5.41) is 0. The van der Waals surface area contributed by atoms with E-state index in [2.05, 4.69) is 36.1 Å². The van der Waals surface area contributed by atoms with E-state index in [-0.39, 0.29) is 18.1 Å². The zero-order chi connectivity index (χ0) is 13.9. The molecule has 2 aliphatic carbocycles. The summed E-state index contributed by atoms with van der Waals surface area (Å²) >= 11 is 0. The van der Waals surface area contributed by atoms with Crippen molar-refractivity contribution >= 4 is 5.97 Å². The van der Waals surface area contributed by atoms with Gasteiger partial charge in [-0.15, -0.1) is 0 Å². The number of nitrogens with zero attached hydrogens (tertiary/aromatic N) is 1. The molecule has 1 saturated heterocycles. The van der Waals surface area contributed by atoms with Crippen molar-refractivity contribution in [2.45, 2.75) is 37.9 Å². The van der Waals surface area contributed by atoms with Crippen LogP contribution in [0.2, 0.25) is 0 Å². The van der Waals surface area contributed by atoms with Gasteiger partial charge in [-0.1, -0.05) is 30.3 Å². The maximum absolute atomic E-state index is 12.3. The molecule has 106 valence electrons. The number of likely N-dealkylation sites (tertiary alicyclic amines) is 1. The van der Waals surface area contributed by atoms with E-state index in [1.165, 1.54) is 25.5 Å². The number of benzene rings is 1. The number of fused-ring (bicyclic) bond motifs is 5. The van der Waals surface area contributed by atoms with Crippen molar-refractivity contribution in [1.29, 1.82) is 0 Å². The summed E-state index contributed by atoms with van der Waals surface area (Å²) in [6.45, 7) is 2.23. The predicted octanol–water partition coefficient (Wildman–Crippen LogP) is 2.63. The number of ether oxygens (including phenoxy) is 1. The van der Waals surface area contributed by atoms with Crippen molar-refractivity contribution in [3.8, 4) is 0 Å². The first-order valence-electron chi connectivity index (χ1n) is 7.62. The Balaban J connectivity index is 1.67. The number of hydrogen-bond donors (Lipinski definition) is 0. The van der Waals surface area contributed by atoms with Crippen LogP contribution < -0.4 is 0 Å². The van der Waals surface area contributed by atoms with Crippen LogP contribution in [0.1, 0.15) is 31.4 Å². The van der Waals surface area contributed by atoms with E-state index in [9.17, 15) is 4.79 Å². The molecule has 1 aromatic carbocycles. The molecule has 0 amide bonds. The molecule has 3 fully saturated rings. The van der Waals surface area contributed by atoms with Crippen molar-refractivity contribution in [1.82, 2.24) is 4.90 Å². The summed E-state index contributed by atoms with van der Waals surface area (Å²) in [7, 11) is 1.52. The van der Waals surface area contributed by atoms with Crippen LogP contribution in [0.15, 0.2) is 30.3 Å². The third-order valence-corrected chi connectivity index (χ3v) is 5.73. The summed E-state index contributed by atoms with van der Waals surface area (Å²) in [6, 6.07) is 11.4. The van der Waals surface area contributed by atoms with Crippen LogP contribution in [0.25, 0.3) is 0 Å². The lowest BCUT2D eigenvalue weighted by atomic mass is 9.94. The third kappa shape index (κ3) is 1.59. The van der Waals surface area contributed by atoms with Gasteiger partial charge in [0.2, 0.25) is 0 Å². The molecular weight excluding hydrogens is 250 g/mol. The predicted molar refractivity (Wildman–Crippen MR) is 76.0 cm³/mol. The number of carbonyl (C=O) groups excluding carboxylic acids is 1. The van der Waals surface area contributed by atoms with Crippen molar-refractivity contribution in [3.63, 3.8) is 0 Å². The maximum atomic E-state index is 12.3. The summed E-state index contributed by atoms with van der Waals surface area (Å²) in [5.74, 6) is 2.13.